The molecule has 6 nitrogen and oxygen atoms in total. The Morgan fingerprint density at radius 3 is 2.45 bits per heavy atom. The van der Waals surface area contributed by atoms with Crippen LogP contribution in [0.1, 0.15) is 25.3 Å². The minimum atomic E-state index is -0.495. The average Bonchev–Trinajstić information content (AvgIpc) is 2.38. The van der Waals surface area contributed by atoms with Gasteiger partial charge in [-0.3, -0.25) is 10.1 Å². The van der Waals surface area contributed by atoms with Gasteiger partial charge >= 0.3 is 0 Å². The molecule has 6 heteroatoms. The van der Waals surface area contributed by atoms with Crippen LogP contribution in [0, 0.1) is 10.1 Å². The first-order valence-electron chi connectivity index (χ1n) is 6.24. The highest BCUT2D eigenvalue weighted by atomic mass is 16.6. The zero-order valence-corrected chi connectivity index (χ0v) is 11.3. The fraction of sp³-hybridized carbons (Fsp3) is 0.214. The van der Waals surface area contributed by atoms with Gasteiger partial charge in [0.05, 0.1) is 17.1 Å². The van der Waals surface area contributed by atoms with Gasteiger partial charge in [-0.25, -0.2) is 4.98 Å². The summed E-state index contributed by atoms with van der Waals surface area (Å²) >= 11 is 0. The fourth-order valence-electron chi connectivity index (χ4n) is 1.81. The second-order valence-electron chi connectivity index (χ2n) is 4.79. The molecule has 0 amide bonds. The molecule has 0 aliphatic heterocycles. The van der Waals surface area contributed by atoms with Crippen LogP contribution in [0.3, 0.4) is 0 Å². The van der Waals surface area contributed by atoms with Gasteiger partial charge in [0, 0.05) is 5.69 Å². The van der Waals surface area contributed by atoms with Crippen molar-refractivity contribution < 1.29 is 4.92 Å². The van der Waals surface area contributed by atoms with Gasteiger partial charge < -0.3 is 11.1 Å². The molecule has 1 aromatic heterocycles. The van der Waals surface area contributed by atoms with E-state index in [0.29, 0.717) is 11.7 Å². The minimum Gasteiger partial charge on any atom is -0.383 e. The quantitative estimate of drug-likeness (QED) is 0.656. The topological polar surface area (TPSA) is 94.1 Å². The van der Waals surface area contributed by atoms with Crippen molar-refractivity contribution in [1.82, 2.24) is 4.98 Å². The lowest BCUT2D eigenvalue weighted by Crippen LogP contribution is -2.00. The van der Waals surface area contributed by atoms with Crippen LogP contribution in [0.25, 0.3) is 0 Å². The maximum Gasteiger partial charge on any atom is 0.276 e. The molecule has 0 saturated heterocycles. The van der Waals surface area contributed by atoms with Crippen molar-refractivity contribution in [3.05, 3.63) is 52.1 Å². The number of anilines is 3. The van der Waals surface area contributed by atoms with Gasteiger partial charge in [0.25, 0.3) is 5.69 Å². The van der Waals surface area contributed by atoms with Crippen molar-refractivity contribution in [2.45, 2.75) is 19.8 Å². The van der Waals surface area contributed by atoms with E-state index in [2.05, 4.69) is 24.1 Å². The van der Waals surface area contributed by atoms with Crippen LogP contribution in [0.2, 0.25) is 0 Å². The summed E-state index contributed by atoms with van der Waals surface area (Å²) in [6, 6.07) is 10.4. The zero-order chi connectivity index (χ0) is 14.7. The van der Waals surface area contributed by atoms with Gasteiger partial charge in [-0.1, -0.05) is 26.0 Å². The number of pyridine rings is 1. The van der Waals surface area contributed by atoms with Gasteiger partial charge in [-0.2, -0.15) is 0 Å². The fourth-order valence-corrected chi connectivity index (χ4v) is 1.81. The van der Waals surface area contributed by atoms with Gasteiger partial charge in [-0.15, -0.1) is 0 Å². The van der Waals surface area contributed by atoms with Crippen LogP contribution in [-0.4, -0.2) is 9.91 Å². The van der Waals surface area contributed by atoms with E-state index in [-0.39, 0.29) is 11.5 Å². The highest BCUT2D eigenvalue weighted by Crippen LogP contribution is 2.23. The predicted octanol–water partition coefficient (Wildman–Crippen LogP) is 3.44. The van der Waals surface area contributed by atoms with E-state index in [1.807, 2.05) is 24.3 Å². The lowest BCUT2D eigenvalue weighted by atomic mass is 10.0. The van der Waals surface area contributed by atoms with Gasteiger partial charge in [0.2, 0.25) is 0 Å². The lowest BCUT2D eigenvalue weighted by molar-refractivity contribution is -0.384. The number of nitrogens with zero attached hydrogens (tertiary/aromatic N) is 2. The Bertz CT molecular complexity index is 624. The predicted molar refractivity (Wildman–Crippen MR) is 79.1 cm³/mol. The number of aromatic nitrogens is 1. The molecule has 0 unspecified atom stereocenters. The Morgan fingerprint density at radius 1 is 1.25 bits per heavy atom. The van der Waals surface area contributed by atoms with E-state index >= 15 is 0 Å². The molecule has 0 aliphatic rings. The molecule has 0 fully saturated rings. The summed E-state index contributed by atoms with van der Waals surface area (Å²) in [5, 5.41) is 13.8. The molecule has 20 heavy (non-hydrogen) atoms. The summed E-state index contributed by atoms with van der Waals surface area (Å²) in [4.78, 5) is 14.3. The Labute approximate surface area is 116 Å². The smallest absolute Gasteiger partial charge is 0.276 e. The molecule has 0 aliphatic carbocycles. The third-order valence-electron chi connectivity index (χ3n) is 2.89. The second kappa shape index (κ2) is 5.56. The molecule has 2 aromatic rings. The highest BCUT2D eigenvalue weighted by molar-refractivity contribution is 5.61. The van der Waals surface area contributed by atoms with Gasteiger partial charge in [-0.05, 0) is 23.6 Å². The van der Waals surface area contributed by atoms with Crippen molar-refractivity contribution >= 4 is 23.0 Å². The summed E-state index contributed by atoms with van der Waals surface area (Å²) in [6.07, 6.45) is 0. The highest BCUT2D eigenvalue weighted by Gasteiger charge is 2.10. The first kappa shape index (κ1) is 13.8. The number of nitro groups is 1. The summed E-state index contributed by atoms with van der Waals surface area (Å²) < 4.78 is 0. The van der Waals surface area contributed by atoms with E-state index in [1.165, 1.54) is 17.7 Å². The molecule has 0 bridgehead atoms. The number of nitrogens with two attached hydrogens (primary N) is 1. The van der Waals surface area contributed by atoms with E-state index in [9.17, 15) is 10.1 Å². The Balaban J connectivity index is 2.23. The van der Waals surface area contributed by atoms with E-state index in [4.69, 9.17) is 5.73 Å². The van der Waals surface area contributed by atoms with Crippen molar-refractivity contribution in [3.8, 4) is 0 Å². The van der Waals surface area contributed by atoms with E-state index in [1.54, 1.807) is 0 Å². The minimum absolute atomic E-state index is 0.0844. The van der Waals surface area contributed by atoms with E-state index in [0.717, 1.165) is 5.69 Å². The first-order valence-corrected chi connectivity index (χ1v) is 6.24. The lowest BCUT2D eigenvalue weighted by Gasteiger charge is -2.09. The molecule has 104 valence electrons. The third kappa shape index (κ3) is 3.23. The standard InChI is InChI=1S/C14H16N4O2/c1-9(2)10-3-5-11(6-4-10)16-14-8-12(18(19)20)7-13(15)17-14/h3-9H,1-2H3,(H3,15,16,17). The second-order valence-corrected chi connectivity index (χ2v) is 4.79. The Hall–Kier alpha value is -2.63. The summed E-state index contributed by atoms with van der Waals surface area (Å²) in [5.74, 6) is 0.921. The zero-order valence-electron chi connectivity index (χ0n) is 11.3. The van der Waals surface area contributed by atoms with Crippen LogP contribution in [0.4, 0.5) is 23.0 Å². The molecule has 0 spiro atoms. The molecule has 0 saturated carbocycles. The molecule has 2 rings (SSSR count). The number of nitrogens with one attached hydrogen (secondary N) is 1. The van der Waals surface area contributed by atoms with E-state index < -0.39 is 4.92 Å². The van der Waals surface area contributed by atoms with Gasteiger partial charge in [0.1, 0.15) is 11.6 Å². The molecule has 0 atom stereocenters. The normalized spacial score (nSPS) is 10.6. The molecule has 1 heterocycles. The van der Waals surface area contributed by atoms with Crippen LogP contribution in [-0.2, 0) is 0 Å². The summed E-state index contributed by atoms with van der Waals surface area (Å²) in [7, 11) is 0. The largest absolute Gasteiger partial charge is 0.383 e. The van der Waals surface area contributed by atoms with Crippen molar-refractivity contribution in [2.24, 2.45) is 0 Å². The SMILES string of the molecule is CC(C)c1ccc(Nc2cc([N+](=O)[O-])cc(N)n2)cc1. The number of benzene rings is 1. The number of hydrogen-bond acceptors (Lipinski definition) is 5. The number of rotatable bonds is 4. The van der Waals surface area contributed by atoms with Crippen LogP contribution >= 0.6 is 0 Å². The maximum atomic E-state index is 10.8. The summed E-state index contributed by atoms with van der Waals surface area (Å²) in [6.45, 7) is 4.23. The molecular weight excluding hydrogens is 256 g/mol. The van der Waals surface area contributed by atoms with Crippen molar-refractivity contribution in [2.75, 3.05) is 11.1 Å². The van der Waals surface area contributed by atoms with Crippen molar-refractivity contribution in [3.63, 3.8) is 0 Å². The Morgan fingerprint density at radius 2 is 1.90 bits per heavy atom. The van der Waals surface area contributed by atoms with Crippen LogP contribution < -0.4 is 11.1 Å². The summed E-state index contributed by atoms with van der Waals surface area (Å²) in [5.41, 5.74) is 7.51. The molecule has 0 radical (unpaired) electrons. The number of hydrogen-bond donors (Lipinski definition) is 2. The average molecular weight is 272 g/mol. The molecule has 3 N–H and O–H groups in total. The van der Waals surface area contributed by atoms with Crippen LogP contribution in [0.5, 0.6) is 0 Å². The van der Waals surface area contributed by atoms with Crippen molar-refractivity contribution in [1.29, 1.82) is 0 Å². The molecular formula is C14H16N4O2. The molecule has 1 aromatic carbocycles. The third-order valence-corrected chi connectivity index (χ3v) is 2.89. The number of nitrogen functional groups attached to an aromatic ring is 1. The maximum absolute atomic E-state index is 10.8. The van der Waals surface area contributed by atoms with Crippen LogP contribution in [0.15, 0.2) is 36.4 Å². The Kier molecular flexibility index (Phi) is 3.84. The monoisotopic (exact) mass is 272 g/mol. The van der Waals surface area contributed by atoms with Gasteiger partial charge in [0.15, 0.2) is 0 Å². The first-order chi connectivity index (χ1) is 9.45.